The molecule has 1 aromatic heterocycles. The maximum atomic E-state index is 5.71. The van der Waals surface area contributed by atoms with Gasteiger partial charge in [0.1, 0.15) is 0 Å². The van der Waals surface area contributed by atoms with Gasteiger partial charge in [0, 0.05) is 49.1 Å². The minimum atomic E-state index is 0.820. The van der Waals surface area contributed by atoms with Crippen molar-refractivity contribution in [3.63, 3.8) is 0 Å². The first kappa shape index (κ1) is 11.3. The van der Waals surface area contributed by atoms with Gasteiger partial charge in [-0.3, -0.25) is 0 Å². The van der Waals surface area contributed by atoms with Crippen molar-refractivity contribution in [2.75, 3.05) is 41.7 Å². The fourth-order valence-corrected chi connectivity index (χ4v) is 2.91. The number of piperazine rings is 1. The maximum absolute atomic E-state index is 5.71. The van der Waals surface area contributed by atoms with Crippen LogP contribution < -0.4 is 15.5 Å². The molecule has 2 heterocycles. The van der Waals surface area contributed by atoms with Gasteiger partial charge in [0.25, 0.3) is 0 Å². The monoisotopic (exact) mass is 260 g/mol. The lowest BCUT2D eigenvalue weighted by molar-refractivity contribution is 0.652. The second kappa shape index (κ2) is 4.86. The van der Waals surface area contributed by atoms with Crippen LogP contribution in [0, 0.1) is 0 Å². The maximum Gasteiger partial charge on any atom is 0.185 e. The zero-order chi connectivity index (χ0) is 12.4. The predicted octanol–water partition coefficient (Wildman–Crippen LogP) is 2.05. The fraction of sp³-hybridized carbons (Fsp3) is 0.308. The van der Waals surface area contributed by atoms with Gasteiger partial charge >= 0.3 is 0 Å². The summed E-state index contributed by atoms with van der Waals surface area (Å²) >= 11 is 1.71. The molecule has 0 atom stereocenters. The highest BCUT2D eigenvalue weighted by Gasteiger charge is 2.18. The third kappa shape index (κ3) is 2.26. The predicted molar refractivity (Wildman–Crippen MR) is 77.4 cm³/mol. The van der Waals surface area contributed by atoms with E-state index in [1.54, 1.807) is 11.3 Å². The van der Waals surface area contributed by atoms with Crippen molar-refractivity contribution in [1.82, 2.24) is 4.98 Å². The molecule has 0 radical (unpaired) electrons. The van der Waals surface area contributed by atoms with E-state index < -0.39 is 0 Å². The van der Waals surface area contributed by atoms with Crippen LogP contribution in [-0.2, 0) is 0 Å². The molecule has 1 aliphatic heterocycles. The summed E-state index contributed by atoms with van der Waals surface area (Å²) in [6.45, 7) is 4.11. The van der Waals surface area contributed by atoms with Gasteiger partial charge in [-0.1, -0.05) is 0 Å². The number of hydrogen-bond acceptors (Lipinski definition) is 5. The van der Waals surface area contributed by atoms with E-state index in [0.29, 0.717) is 0 Å². The lowest BCUT2D eigenvalue weighted by atomic mass is 10.2. The molecular weight excluding hydrogens is 244 g/mol. The first-order valence-corrected chi connectivity index (χ1v) is 6.96. The standard InChI is InChI=1S/C13H16N4S/c14-11-1-3-12(4-2-11)16-6-8-17(9-7-16)13-15-5-10-18-13/h1-5,10H,6-9,14H2. The molecule has 1 aliphatic rings. The van der Waals surface area contributed by atoms with Gasteiger partial charge in [0.05, 0.1) is 0 Å². The molecule has 3 rings (SSSR count). The summed E-state index contributed by atoms with van der Waals surface area (Å²) in [5.41, 5.74) is 7.78. The second-order valence-electron chi connectivity index (χ2n) is 4.38. The second-order valence-corrected chi connectivity index (χ2v) is 5.25. The number of benzene rings is 1. The summed E-state index contributed by atoms with van der Waals surface area (Å²) in [4.78, 5) is 9.10. The van der Waals surface area contributed by atoms with E-state index in [1.807, 2.05) is 23.7 Å². The van der Waals surface area contributed by atoms with E-state index >= 15 is 0 Å². The number of thiazole rings is 1. The molecule has 1 fully saturated rings. The summed E-state index contributed by atoms with van der Waals surface area (Å²) in [5, 5.41) is 3.16. The third-order valence-electron chi connectivity index (χ3n) is 3.23. The summed E-state index contributed by atoms with van der Waals surface area (Å²) in [6, 6.07) is 8.10. The van der Waals surface area contributed by atoms with Crippen molar-refractivity contribution < 1.29 is 0 Å². The Kier molecular flexibility index (Phi) is 3.06. The highest BCUT2D eigenvalue weighted by atomic mass is 32.1. The van der Waals surface area contributed by atoms with E-state index in [0.717, 1.165) is 37.0 Å². The smallest absolute Gasteiger partial charge is 0.185 e. The first-order chi connectivity index (χ1) is 8.83. The average molecular weight is 260 g/mol. The van der Waals surface area contributed by atoms with Crippen LogP contribution in [0.2, 0.25) is 0 Å². The average Bonchev–Trinajstić information content (AvgIpc) is 2.94. The van der Waals surface area contributed by atoms with E-state index in [9.17, 15) is 0 Å². The van der Waals surface area contributed by atoms with Gasteiger partial charge in [-0.2, -0.15) is 0 Å². The van der Waals surface area contributed by atoms with Crippen LogP contribution >= 0.6 is 11.3 Å². The van der Waals surface area contributed by atoms with E-state index in [2.05, 4.69) is 26.9 Å². The minimum absolute atomic E-state index is 0.820. The highest BCUT2D eigenvalue weighted by Crippen LogP contribution is 2.22. The molecule has 18 heavy (non-hydrogen) atoms. The number of nitrogen functional groups attached to an aromatic ring is 1. The van der Waals surface area contributed by atoms with Crippen molar-refractivity contribution in [1.29, 1.82) is 0 Å². The third-order valence-corrected chi connectivity index (χ3v) is 4.06. The molecule has 94 valence electrons. The molecule has 0 aliphatic carbocycles. The van der Waals surface area contributed by atoms with Crippen LogP contribution in [0.1, 0.15) is 0 Å². The topological polar surface area (TPSA) is 45.4 Å². The normalized spacial score (nSPS) is 16.0. The van der Waals surface area contributed by atoms with Crippen molar-refractivity contribution in [2.45, 2.75) is 0 Å². The molecule has 1 saturated heterocycles. The number of hydrogen-bond donors (Lipinski definition) is 1. The molecule has 0 amide bonds. The number of nitrogens with two attached hydrogens (primary N) is 1. The molecule has 0 bridgehead atoms. The summed E-state index contributed by atoms with van der Waals surface area (Å²) in [5.74, 6) is 0. The Hall–Kier alpha value is -1.75. The molecule has 1 aromatic carbocycles. The summed E-state index contributed by atoms with van der Waals surface area (Å²) < 4.78 is 0. The minimum Gasteiger partial charge on any atom is -0.399 e. The quantitative estimate of drug-likeness (QED) is 0.839. The van der Waals surface area contributed by atoms with Crippen LogP contribution in [-0.4, -0.2) is 31.2 Å². The van der Waals surface area contributed by atoms with Crippen LogP contribution in [0.15, 0.2) is 35.8 Å². The Balaban J connectivity index is 1.65. The molecule has 0 saturated carbocycles. The van der Waals surface area contributed by atoms with E-state index in [1.165, 1.54) is 5.69 Å². The summed E-state index contributed by atoms with van der Waals surface area (Å²) in [6.07, 6.45) is 1.87. The van der Waals surface area contributed by atoms with Gasteiger partial charge in [-0.05, 0) is 24.3 Å². The fourth-order valence-electron chi connectivity index (χ4n) is 2.21. The van der Waals surface area contributed by atoms with Crippen molar-refractivity contribution >= 4 is 27.8 Å². The summed E-state index contributed by atoms with van der Waals surface area (Å²) in [7, 11) is 0. The van der Waals surface area contributed by atoms with Crippen LogP contribution in [0.4, 0.5) is 16.5 Å². The van der Waals surface area contributed by atoms with Crippen LogP contribution in [0.5, 0.6) is 0 Å². The van der Waals surface area contributed by atoms with Gasteiger partial charge in [-0.25, -0.2) is 4.98 Å². The molecule has 4 nitrogen and oxygen atoms in total. The Bertz CT molecular complexity index is 486. The van der Waals surface area contributed by atoms with Gasteiger partial charge in [0.2, 0.25) is 0 Å². The zero-order valence-corrected chi connectivity index (χ0v) is 10.9. The molecule has 5 heteroatoms. The van der Waals surface area contributed by atoms with Crippen molar-refractivity contribution in [3.05, 3.63) is 35.8 Å². The van der Waals surface area contributed by atoms with Crippen molar-refractivity contribution in [3.8, 4) is 0 Å². The molecule has 0 unspecified atom stereocenters. The Morgan fingerprint density at radius 3 is 2.28 bits per heavy atom. The van der Waals surface area contributed by atoms with E-state index in [-0.39, 0.29) is 0 Å². The lowest BCUT2D eigenvalue weighted by Crippen LogP contribution is -2.46. The first-order valence-electron chi connectivity index (χ1n) is 6.08. The molecular formula is C13H16N4S. The molecule has 2 N–H and O–H groups in total. The number of rotatable bonds is 2. The lowest BCUT2D eigenvalue weighted by Gasteiger charge is -2.36. The Morgan fingerprint density at radius 1 is 1.00 bits per heavy atom. The number of aromatic nitrogens is 1. The SMILES string of the molecule is Nc1ccc(N2CCN(c3nccs3)CC2)cc1. The van der Waals surface area contributed by atoms with Gasteiger partial charge in [0.15, 0.2) is 5.13 Å². The highest BCUT2D eigenvalue weighted by molar-refractivity contribution is 7.13. The van der Waals surface area contributed by atoms with E-state index in [4.69, 9.17) is 5.73 Å². The Labute approximate surface area is 111 Å². The van der Waals surface area contributed by atoms with Gasteiger partial charge < -0.3 is 15.5 Å². The van der Waals surface area contributed by atoms with Gasteiger partial charge in [-0.15, -0.1) is 11.3 Å². The largest absolute Gasteiger partial charge is 0.399 e. The van der Waals surface area contributed by atoms with Crippen molar-refractivity contribution in [2.24, 2.45) is 0 Å². The number of anilines is 3. The zero-order valence-electron chi connectivity index (χ0n) is 10.1. The van der Waals surface area contributed by atoms with Crippen LogP contribution in [0.25, 0.3) is 0 Å². The van der Waals surface area contributed by atoms with Crippen LogP contribution in [0.3, 0.4) is 0 Å². The number of nitrogens with zero attached hydrogens (tertiary/aromatic N) is 3. The Morgan fingerprint density at radius 2 is 1.67 bits per heavy atom. The molecule has 2 aromatic rings. The molecule has 0 spiro atoms.